The van der Waals surface area contributed by atoms with Crippen molar-refractivity contribution in [3.63, 3.8) is 0 Å². The van der Waals surface area contributed by atoms with Gasteiger partial charge in [0.1, 0.15) is 0 Å². The molecule has 9 rings (SSSR count). The van der Waals surface area contributed by atoms with Crippen molar-refractivity contribution >= 4 is 0 Å². The van der Waals surface area contributed by atoms with Crippen LogP contribution in [0.2, 0.25) is 0 Å². The van der Waals surface area contributed by atoms with Gasteiger partial charge in [-0.1, -0.05) is 142 Å². The molecule has 0 bridgehead atoms. The Labute approximate surface area is 386 Å². The van der Waals surface area contributed by atoms with Gasteiger partial charge in [0.05, 0.1) is 17.1 Å². The molecule has 3 aromatic heterocycles. The minimum absolute atomic E-state index is 0.0928. The third-order valence-electron chi connectivity index (χ3n) is 12.4. The highest BCUT2D eigenvalue weighted by atomic mass is 14.7. The van der Waals surface area contributed by atoms with E-state index in [2.05, 4.69) is 86.2 Å². The molecular formula is C60H59N3. The van der Waals surface area contributed by atoms with Crippen LogP contribution in [0.3, 0.4) is 0 Å². The van der Waals surface area contributed by atoms with Gasteiger partial charge in [-0.2, -0.15) is 0 Å². The number of hydrogen-bond acceptors (Lipinski definition) is 3. The number of hydrogen-bond donors (Lipinski definition) is 0. The summed E-state index contributed by atoms with van der Waals surface area (Å²) in [5.41, 5.74) is 12.0. The number of rotatable bonds is 14. The van der Waals surface area contributed by atoms with Crippen molar-refractivity contribution in [2.45, 2.75) is 96.6 Å². The lowest BCUT2D eigenvalue weighted by Gasteiger charge is -2.26. The topological polar surface area (TPSA) is 38.7 Å². The van der Waals surface area contributed by atoms with E-state index in [1.807, 2.05) is 42.6 Å². The van der Waals surface area contributed by atoms with Crippen LogP contribution in [-0.2, 0) is 37.3 Å². The largest absolute Gasteiger partial charge is 0.256 e. The lowest BCUT2D eigenvalue weighted by Crippen LogP contribution is -2.20. The van der Waals surface area contributed by atoms with Gasteiger partial charge in [-0.05, 0) is 168 Å². The van der Waals surface area contributed by atoms with Crippen molar-refractivity contribution < 1.29 is 11.0 Å². The maximum Gasteiger partial charge on any atom is 0.0708 e. The fourth-order valence-corrected chi connectivity index (χ4v) is 9.14. The van der Waals surface area contributed by atoms with Crippen molar-refractivity contribution in [1.82, 2.24) is 15.0 Å². The zero-order valence-electron chi connectivity index (χ0n) is 44.6. The monoisotopic (exact) mass is 830 g/mol. The molecule has 0 aliphatic heterocycles. The number of pyridine rings is 3. The highest BCUT2D eigenvalue weighted by Gasteiger charge is 2.23. The Morgan fingerprint density at radius 1 is 0.476 bits per heavy atom. The van der Waals surface area contributed by atoms with Gasteiger partial charge in [-0.25, -0.2) is 0 Å². The molecule has 0 atom stereocenters. The molecule has 3 heteroatoms. The summed E-state index contributed by atoms with van der Waals surface area (Å²) in [5, 5.41) is 0. The summed E-state index contributed by atoms with van der Waals surface area (Å²) in [6, 6.07) is 46.0. The second kappa shape index (κ2) is 18.9. The van der Waals surface area contributed by atoms with Gasteiger partial charge >= 0.3 is 0 Å². The zero-order chi connectivity index (χ0) is 50.3. The summed E-state index contributed by atoms with van der Waals surface area (Å²) >= 11 is 0. The second-order valence-corrected chi connectivity index (χ2v) is 17.6. The lowest BCUT2D eigenvalue weighted by atomic mass is 9.78. The van der Waals surface area contributed by atoms with Gasteiger partial charge in [0, 0.05) is 46.2 Å². The van der Waals surface area contributed by atoms with Crippen LogP contribution in [0.15, 0.2) is 170 Å². The summed E-state index contributed by atoms with van der Waals surface area (Å²) in [4.78, 5) is 13.6. The lowest BCUT2D eigenvalue weighted by molar-refractivity contribution is 0.522. The summed E-state index contributed by atoms with van der Waals surface area (Å²) in [6.45, 7) is 8.55. The molecule has 3 heterocycles. The van der Waals surface area contributed by atoms with E-state index in [9.17, 15) is 11.0 Å². The molecule has 0 N–H and O–H groups in total. The van der Waals surface area contributed by atoms with E-state index in [1.54, 1.807) is 73.1 Å². The third kappa shape index (κ3) is 10.1. The molecule has 0 unspecified atom stereocenters. The summed E-state index contributed by atoms with van der Waals surface area (Å²) in [7, 11) is 0. The van der Waals surface area contributed by atoms with Crippen molar-refractivity contribution in [3.8, 4) is 44.9 Å². The van der Waals surface area contributed by atoms with Gasteiger partial charge in [0.15, 0.2) is 0 Å². The van der Waals surface area contributed by atoms with E-state index in [-0.39, 0.29) is 22.3 Å². The normalized spacial score (nSPS) is 15.9. The van der Waals surface area contributed by atoms with Crippen LogP contribution in [-0.4, -0.2) is 15.0 Å². The molecule has 8 aromatic rings. The van der Waals surface area contributed by atoms with E-state index in [0.717, 1.165) is 33.5 Å². The molecule has 1 fully saturated rings. The summed E-state index contributed by atoms with van der Waals surface area (Å²) in [5.74, 6) is 0.646. The maximum atomic E-state index is 9.54. The molecule has 0 radical (unpaired) electrons. The zero-order valence-corrected chi connectivity index (χ0v) is 36.6. The van der Waals surface area contributed by atoms with Crippen molar-refractivity contribution in [2.75, 3.05) is 0 Å². The minimum atomic E-state index is -2.69. The average Bonchev–Trinajstić information content (AvgIpc) is 3.92. The smallest absolute Gasteiger partial charge is 0.0708 e. The minimum Gasteiger partial charge on any atom is -0.256 e. The Morgan fingerprint density at radius 3 is 1.48 bits per heavy atom. The third-order valence-corrected chi connectivity index (χ3v) is 12.4. The molecule has 63 heavy (non-hydrogen) atoms. The van der Waals surface area contributed by atoms with Gasteiger partial charge < -0.3 is 0 Å². The van der Waals surface area contributed by atoms with Crippen LogP contribution in [0.4, 0.5) is 0 Å². The Hall–Kier alpha value is -6.45. The molecule has 0 spiro atoms. The van der Waals surface area contributed by atoms with E-state index >= 15 is 0 Å². The molecule has 0 amide bonds. The van der Waals surface area contributed by atoms with Gasteiger partial charge in [-0.15, -0.1) is 0 Å². The summed E-state index contributed by atoms with van der Waals surface area (Å²) in [6.07, 6.45) is 0.0836. The molecule has 1 aliphatic carbocycles. The van der Waals surface area contributed by atoms with E-state index in [1.165, 1.54) is 54.0 Å². The van der Waals surface area contributed by atoms with E-state index in [4.69, 9.17) is 4.98 Å². The van der Waals surface area contributed by atoms with Crippen LogP contribution in [0, 0.1) is 13.8 Å². The second-order valence-electron chi connectivity index (χ2n) is 17.6. The van der Waals surface area contributed by atoms with Crippen LogP contribution in [0.25, 0.3) is 44.9 Å². The molecule has 1 saturated carbocycles. The number of nitrogens with zero attached hydrogens (tertiary/aromatic N) is 3. The van der Waals surface area contributed by atoms with Crippen molar-refractivity contribution in [2.24, 2.45) is 0 Å². The number of benzene rings is 5. The average molecular weight is 830 g/mol. The predicted octanol–water partition coefficient (Wildman–Crippen LogP) is 14.9. The Kier molecular flexibility index (Phi) is 9.94. The molecule has 1 aliphatic rings. The summed E-state index contributed by atoms with van der Waals surface area (Å²) < 4.78 is 75.6. The first kappa shape index (κ1) is 33.2. The van der Waals surface area contributed by atoms with Crippen LogP contribution in [0.5, 0.6) is 0 Å². The predicted molar refractivity (Wildman–Crippen MR) is 263 cm³/mol. The van der Waals surface area contributed by atoms with E-state index < -0.39 is 30.9 Å². The molecular weight excluding hydrogens is 763 g/mol. The fourth-order valence-electron chi connectivity index (χ4n) is 9.14. The van der Waals surface area contributed by atoms with Gasteiger partial charge in [0.2, 0.25) is 0 Å². The number of aromatic nitrogens is 3. The number of aryl methyl sites for hydroxylation is 6. The van der Waals surface area contributed by atoms with Crippen molar-refractivity contribution in [3.05, 3.63) is 220 Å². The van der Waals surface area contributed by atoms with Crippen LogP contribution in [0.1, 0.15) is 106 Å². The first-order chi connectivity index (χ1) is 33.8. The highest BCUT2D eigenvalue weighted by Crippen LogP contribution is 2.39. The van der Waals surface area contributed by atoms with E-state index in [0.29, 0.717) is 29.3 Å². The maximum absolute atomic E-state index is 9.54. The Morgan fingerprint density at radius 2 is 0.952 bits per heavy atom. The van der Waals surface area contributed by atoms with Crippen LogP contribution < -0.4 is 0 Å². The Bertz CT molecular complexity index is 3000. The van der Waals surface area contributed by atoms with Gasteiger partial charge in [0.25, 0.3) is 0 Å². The standard InChI is InChI=1S/C60H59N3/c1-42-35-54(49-11-5-6-12-49)36-43(2)59(42)53-31-34-63-58(40-53)52-27-29-55(30-28-52)60(3,4)41-48-38-46(17-15-44-19-23-50(24-20-44)56-13-7-9-32-61-56)37-47(39-48)18-16-45-21-25-51(26-22-45)57-14-8-10-33-62-57/h7-10,13-14,19-40,49H,5-6,11-12,15-18,41H2,1-4H3/i15D2,16D2,17D2,18D2. The first-order valence-corrected chi connectivity index (χ1v) is 22.1. The molecule has 314 valence electrons. The van der Waals surface area contributed by atoms with Crippen molar-refractivity contribution in [1.29, 1.82) is 0 Å². The Balaban J connectivity index is 1.05. The SMILES string of the molecule is [2H]C([2H])(c1ccc(-c2ccccn2)cc1)C([2H])([2H])c1cc(CC(C)(C)c2ccc(-c3cc(-c4c(C)cc(C5CCCC5)cc4C)ccn3)cc2)cc(C([2H])([2H])C([2H])([2H])c2ccc(-c3ccccn3)cc2)c1. The fraction of sp³-hybridized carbons (Fsp3) is 0.250. The quantitative estimate of drug-likeness (QED) is 0.110. The first-order valence-electron chi connectivity index (χ1n) is 26.1. The molecule has 3 nitrogen and oxygen atoms in total. The highest BCUT2D eigenvalue weighted by molar-refractivity contribution is 5.75. The van der Waals surface area contributed by atoms with Crippen LogP contribution >= 0.6 is 0 Å². The van der Waals surface area contributed by atoms with Gasteiger partial charge in [-0.3, -0.25) is 15.0 Å². The molecule has 0 saturated heterocycles. The molecule has 5 aromatic carbocycles.